The second-order valence-electron chi connectivity index (χ2n) is 5.22. The molecule has 0 aliphatic carbocycles. The van der Waals surface area contributed by atoms with Crippen LogP contribution in [0.1, 0.15) is 5.69 Å². The van der Waals surface area contributed by atoms with Crippen molar-refractivity contribution in [3.8, 4) is 22.6 Å². The van der Waals surface area contributed by atoms with Gasteiger partial charge in [-0.25, -0.2) is 4.98 Å². The molecule has 0 spiro atoms. The lowest BCUT2D eigenvalue weighted by Crippen LogP contribution is -2.12. The van der Waals surface area contributed by atoms with E-state index in [1.165, 1.54) is 0 Å². The van der Waals surface area contributed by atoms with Crippen LogP contribution in [-0.2, 0) is 6.42 Å². The van der Waals surface area contributed by atoms with Crippen LogP contribution in [0.15, 0.2) is 48.5 Å². The number of rotatable bonds is 3. The maximum atomic E-state index is 12.9. The number of benzene rings is 2. The fourth-order valence-corrected chi connectivity index (χ4v) is 2.58. The summed E-state index contributed by atoms with van der Waals surface area (Å²) in [6.07, 6.45) is -5.43. The summed E-state index contributed by atoms with van der Waals surface area (Å²) in [5.41, 5.74) is 1.49. The highest BCUT2D eigenvalue weighted by Crippen LogP contribution is 2.31. The molecule has 0 bridgehead atoms. The zero-order valence-electron chi connectivity index (χ0n) is 12.2. The van der Waals surface area contributed by atoms with Gasteiger partial charge >= 0.3 is 6.18 Å². The van der Waals surface area contributed by atoms with Gasteiger partial charge in [-0.1, -0.05) is 35.3 Å². The SMILES string of the molecule is FC(F)(F)Cc1[nH]c(-c2ccc(Cl)cc2)nc1-c1ccc(Cl)cc1. The molecule has 0 aliphatic rings. The Bertz CT molecular complexity index is 838. The lowest BCUT2D eigenvalue weighted by Gasteiger charge is -2.06. The summed E-state index contributed by atoms with van der Waals surface area (Å²) in [5, 5.41) is 1.04. The van der Waals surface area contributed by atoms with E-state index in [9.17, 15) is 13.2 Å². The number of imidazole rings is 1. The Balaban J connectivity index is 2.08. The van der Waals surface area contributed by atoms with Crippen molar-refractivity contribution in [3.05, 3.63) is 64.3 Å². The minimum absolute atomic E-state index is 0.00905. The molecule has 1 aromatic heterocycles. The Hall–Kier alpha value is -1.98. The molecule has 2 aromatic carbocycles. The molecule has 1 N–H and O–H groups in total. The average Bonchev–Trinajstić information content (AvgIpc) is 2.90. The van der Waals surface area contributed by atoms with Gasteiger partial charge in [0, 0.05) is 21.2 Å². The molecule has 0 unspecified atom stereocenters. The molecular weight excluding hydrogens is 360 g/mol. The lowest BCUT2D eigenvalue weighted by molar-refractivity contribution is -0.127. The van der Waals surface area contributed by atoms with E-state index in [0.29, 0.717) is 27.0 Å². The first kappa shape index (κ1) is 16.9. The first-order valence-corrected chi connectivity index (χ1v) is 7.75. The monoisotopic (exact) mass is 370 g/mol. The Labute approximate surface area is 146 Å². The molecule has 0 saturated carbocycles. The van der Waals surface area contributed by atoms with Crippen molar-refractivity contribution >= 4 is 23.2 Å². The molecule has 0 radical (unpaired) electrons. The van der Waals surface area contributed by atoms with Crippen LogP contribution in [0.25, 0.3) is 22.6 Å². The van der Waals surface area contributed by atoms with Gasteiger partial charge in [0.25, 0.3) is 0 Å². The third-order valence-corrected chi connectivity index (χ3v) is 3.90. The normalized spacial score (nSPS) is 11.7. The van der Waals surface area contributed by atoms with Crippen molar-refractivity contribution in [1.82, 2.24) is 9.97 Å². The molecule has 3 rings (SSSR count). The summed E-state index contributed by atoms with van der Waals surface area (Å²) in [7, 11) is 0. The molecule has 0 amide bonds. The smallest absolute Gasteiger partial charge is 0.341 e. The zero-order chi connectivity index (χ0) is 17.3. The second kappa shape index (κ2) is 6.49. The van der Waals surface area contributed by atoms with Crippen molar-refractivity contribution in [2.45, 2.75) is 12.6 Å². The number of alkyl halides is 3. The van der Waals surface area contributed by atoms with Crippen LogP contribution in [0.3, 0.4) is 0 Å². The summed E-state index contributed by atoms with van der Waals surface area (Å²) in [6, 6.07) is 13.2. The van der Waals surface area contributed by atoms with E-state index in [1.54, 1.807) is 48.5 Å². The maximum Gasteiger partial charge on any atom is 0.394 e. The highest BCUT2D eigenvalue weighted by molar-refractivity contribution is 6.30. The fourth-order valence-electron chi connectivity index (χ4n) is 2.33. The first-order valence-electron chi connectivity index (χ1n) is 6.99. The summed E-state index contributed by atoms with van der Waals surface area (Å²) in [5.74, 6) is 0.357. The molecule has 2 nitrogen and oxygen atoms in total. The summed E-state index contributed by atoms with van der Waals surface area (Å²) < 4.78 is 38.6. The number of aromatic amines is 1. The molecule has 0 aliphatic heterocycles. The van der Waals surface area contributed by atoms with Gasteiger partial charge in [0.1, 0.15) is 5.82 Å². The molecule has 7 heteroatoms. The largest absolute Gasteiger partial charge is 0.394 e. The van der Waals surface area contributed by atoms with E-state index < -0.39 is 12.6 Å². The van der Waals surface area contributed by atoms with Crippen molar-refractivity contribution in [2.75, 3.05) is 0 Å². The van der Waals surface area contributed by atoms with Gasteiger partial charge in [-0.15, -0.1) is 0 Å². The van der Waals surface area contributed by atoms with Gasteiger partial charge in [-0.05, 0) is 36.4 Å². The Morgan fingerprint density at radius 3 is 1.83 bits per heavy atom. The molecule has 1 heterocycles. The molecule has 3 aromatic rings. The third kappa shape index (κ3) is 3.91. The van der Waals surface area contributed by atoms with E-state index in [2.05, 4.69) is 9.97 Å². The number of aromatic nitrogens is 2. The van der Waals surface area contributed by atoms with Crippen molar-refractivity contribution in [2.24, 2.45) is 0 Å². The van der Waals surface area contributed by atoms with Crippen molar-refractivity contribution < 1.29 is 13.2 Å². The number of hydrogen-bond acceptors (Lipinski definition) is 1. The van der Waals surface area contributed by atoms with Gasteiger partial charge in [-0.2, -0.15) is 13.2 Å². The van der Waals surface area contributed by atoms with Crippen LogP contribution >= 0.6 is 23.2 Å². The first-order chi connectivity index (χ1) is 11.3. The van der Waals surface area contributed by atoms with Gasteiger partial charge < -0.3 is 4.98 Å². The van der Waals surface area contributed by atoms with E-state index in [0.717, 1.165) is 0 Å². The van der Waals surface area contributed by atoms with E-state index in [1.807, 2.05) is 0 Å². The minimum atomic E-state index is -4.34. The van der Waals surface area contributed by atoms with Crippen LogP contribution in [0.4, 0.5) is 13.2 Å². The third-order valence-electron chi connectivity index (χ3n) is 3.39. The molecule has 0 atom stereocenters. The lowest BCUT2D eigenvalue weighted by atomic mass is 10.1. The van der Waals surface area contributed by atoms with Gasteiger partial charge in [-0.3, -0.25) is 0 Å². The number of halogens is 5. The number of hydrogen-bond donors (Lipinski definition) is 1. The van der Waals surface area contributed by atoms with Crippen molar-refractivity contribution in [3.63, 3.8) is 0 Å². The molecule has 24 heavy (non-hydrogen) atoms. The maximum absolute atomic E-state index is 12.9. The molecule has 124 valence electrons. The van der Waals surface area contributed by atoms with Crippen molar-refractivity contribution in [1.29, 1.82) is 0 Å². The van der Waals surface area contributed by atoms with Crippen LogP contribution in [0, 0.1) is 0 Å². The van der Waals surface area contributed by atoms with E-state index >= 15 is 0 Å². The predicted octanol–water partition coefficient (Wildman–Crippen LogP) is 6.16. The summed E-state index contributed by atoms with van der Waals surface area (Å²) >= 11 is 11.7. The van der Waals surface area contributed by atoms with Gasteiger partial charge in [0.15, 0.2) is 0 Å². The van der Waals surface area contributed by atoms with E-state index in [-0.39, 0.29) is 11.4 Å². The minimum Gasteiger partial charge on any atom is -0.341 e. The Kier molecular flexibility index (Phi) is 4.56. The Morgan fingerprint density at radius 2 is 1.33 bits per heavy atom. The van der Waals surface area contributed by atoms with Crippen LogP contribution in [0.5, 0.6) is 0 Å². The van der Waals surface area contributed by atoms with Gasteiger partial charge in [0.2, 0.25) is 0 Å². The standard InChI is InChI=1S/C17H11Cl2F3N2/c18-12-5-1-10(2-6-12)15-14(9-17(20,21)22)23-16(24-15)11-3-7-13(19)8-4-11/h1-8H,9H2,(H,23,24). The second-order valence-corrected chi connectivity index (χ2v) is 6.09. The number of H-pyrrole nitrogens is 1. The highest BCUT2D eigenvalue weighted by atomic mass is 35.5. The zero-order valence-corrected chi connectivity index (χ0v) is 13.7. The fraction of sp³-hybridized carbons (Fsp3) is 0.118. The summed E-state index contributed by atoms with van der Waals surface area (Å²) in [4.78, 5) is 7.13. The molecular formula is C17H11Cl2F3N2. The van der Waals surface area contributed by atoms with E-state index in [4.69, 9.17) is 23.2 Å². The Morgan fingerprint density at radius 1 is 0.833 bits per heavy atom. The van der Waals surface area contributed by atoms with Gasteiger partial charge in [0.05, 0.1) is 17.8 Å². The van der Waals surface area contributed by atoms with Crippen LogP contribution < -0.4 is 0 Å². The molecule has 0 fully saturated rings. The summed E-state index contributed by atoms with van der Waals surface area (Å²) in [6.45, 7) is 0. The number of nitrogens with one attached hydrogen (secondary N) is 1. The molecule has 0 saturated heterocycles. The predicted molar refractivity (Wildman–Crippen MR) is 89.2 cm³/mol. The quantitative estimate of drug-likeness (QED) is 0.587. The van der Waals surface area contributed by atoms with Crippen LogP contribution in [-0.4, -0.2) is 16.1 Å². The topological polar surface area (TPSA) is 28.7 Å². The van der Waals surface area contributed by atoms with Crippen LogP contribution in [0.2, 0.25) is 10.0 Å². The highest BCUT2D eigenvalue weighted by Gasteiger charge is 2.31. The average molecular weight is 371 g/mol. The number of nitrogens with zero attached hydrogens (tertiary/aromatic N) is 1.